The Labute approximate surface area is 212 Å². The zero-order valence-corrected chi connectivity index (χ0v) is 20.9. The van der Waals surface area contributed by atoms with Crippen LogP contribution in [-0.2, 0) is 6.54 Å². The number of aliphatic hydroxyl groups is 1. The first kappa shape index (κ1) is 24.7. The minimum Gasteiger partial charge on any atom is -0.492 e. The van der Waals surface area contributed by atoms with Crippen LogP contribution in [0.2, 0.25) is 0 Å². The molecular formula is C24H30N8O5. The average Bonchev–Trinajstić information content (AvgIpc) is 3.37. The Bertz CT molecular complexity index is 1420. The molecule has 0 spiro atoms. The quantitative estimate of drug-likeness (QED) is 0.376. The number of carbonyl (C=O) groups is 2. The van der Waals surface area contributed by atoms with Crippen LogP contribution < -0.4 is 16.2 Å². The Morgan fingerprint density at radius 1 is 1.14 bits per heavy atom. The molecule has 4 heterocycles. The second-order valence-electron chi connectivity index (χ2n) is 10.8. The Balaban J connectivity index is 1.46. The van der Waals surface area contributed by atoms with Crippen molar-refractivity contribution in [2.45, 2.75) is 58.7 Å². The van der Waals surface area contributed by atoms with Gasteiger partial charge in [0.15, 0.2) is 11.4 Å². The molecular weight excluding hydrogens is 480 g/mol. The topological polar surface area (TPSA) is 167 Å². The standard InChI is InChI=1S/C24H30N8O5/c1-24(2,3)12-31-18-8-16(29-32(18)23(37)19(22(31)36)20(34)27-13-4-5-13)28-17-10-25-15(9-26-17)21(35)30-7-6-14(33)11-30/h8-10,13-14,33,37H,4-7,11-12H2,1-3H3,(H,27,34)(H,26,28,29). The molecule has 3 aromatic rings. The summed E-state index contributed by atoms with van der Waals surface area (Å²) < 4.78 is 2.58. The SMILES string of the molecule is CC(C)(C)Cn1c(=O)c(C(=O)NC2CC2)c(O)n2nc(Nc3cnc(C(=O)N4CCC(O)C4)cn3)cc12. The number of amides is 2. The summed E-state index contributed by atoms with van der Waals surface area (Å²) >= 11 is 0. The molecule has 0 bridgehead atoms. The summed E-state index contributed by atoms with van der Waals surface area (Å²) in [6.07, 6.45) is 4.39. The van der Waals surface area contributed by atoms with Gasteiger partial charge in [-0.05, 0) is 24.7 Å². The highest BCUT2D eigenvalue weighted by Gasteiger charge is 2.30. The van der Waals surface area contributed by atoms with Crippen molar-refractivity contribution in [1.29, 1.82) is 0 Å². The average molecular weight is 511 g/mol. The van der Waals surface area contributed by atoms with Gasteiger partial charge in [0.25, 0.3) is 17.4 Å². The summed E-state index contributed by atoms with van der Waals surface area (Å²) in [6.45, 7) is 6.90. The predicted octanol–water partition coefficient (Wildman–Crippen LogP) is 0.880. The number of carbonyl (C=O) groups excluding carboxylic acids is 2. The fourth-order valence-corrected chi connectivity index (χ4v) is 4.25. The van der Waals surface area contributed by atoms with E-state index < -0.39 is 23.5 Å². The molecule has 13 nitrogen and oxygen atoms in total. The molecule has 5 rings (SSSR count). The predicted molar refractivity (Wildman–Crippen MR) is 133 cm³/mol. The number of fused-ring (bicyclic) bond motifs is 1. The molecule has 1 atom stereocenters. The van der Waals surface area contributed by atoms with Crippen molar-refractivity contribution in [3.05, 3.63) is 40.1 Å². The number of aromatic nitrogens is 5. The van der Waals surface area contributed by atoms with E-state index in [-0.39, 0.29) is 53.3 Å². The maximum absolute atomic E-state index is 13.3. The molecule has 3 aromatic heterocycles. The third kappa shape index (κ3) is 5.12. The summed E-state index contributed by atoms with van der Waals surface area (Å²) in [6, 6.07) is 1.58. The zero-order valence-electron chi connectivity index (χ0n) is 20.9. The third-order valence-corrected chi connectivity index (χ3v) is 6.20. The number of hydrogen-bond acceptors (Lipinski definition) is 9. The van der Waals surface area contributed by atoms with E-state index in [2.05, 4.69) is 25.7 Å². The summed E-state index contributed by atoms with van der Waals surface area (Å²) in [5, 5.41) is 30.6. The third-order valence-electron chi connectivity index (χ3n) is 6.20. The van der Waals surface area contributed by atoms with Crippen LogP contribution in [0.1, 0.15) is 60.9 Å². The van der Waals surface area contributed by atoms with Crippen LogP contribution in [0.15, 0.2) is 23.3 Å². The summed E-state index contributed by atoms with van der Waals surface area (Å²) in [5.41, 5.74) is -0.803. The molecule has 0 radical (unpaired) electrons. The van der Waals surface area contributed by atoms with Crippen LogP contribution in [0.5, 0.6) is 5.88 Å². The van der Waals surface area contributed by atoms with Gasteiger partial charge in [0, 0.05) is 31.7 Å². The first-order valence-corrected chi connectivity index (χ1v) is 12.2. The number of β-amino-alcohol motifs (C(OH)–C–C–N with tert-alkyl or cyclic N) is 1. The maximum atomic E-state index is 13.3. The van der Waals surface area contributed by atoms with Crippen molar-refractivity contribution in [2.24, 2.45) is 5.41 Å². The number of hydrogen-bond donors (Lipinski definition) is 4. The maximum Gasteiger partial charge on any atom is 0.274 e. The number of aromatic hydroxyl groups is 1. The minimum absolute atomic E-state index is 0.0110. The molecule has 2 fully saturated rings. The molecule has 13 heteroatoms. The van der Waals surface area contributed by atoms with Gasteiger partial charge in [-0.3, -0.25) is 19.0 Å². The van der Waals surface area contributed by atoms with Crippen molar-refractivity contribution < 1.29 is 19.8 Å². The second-order valence-corrected chi connectivity index (χ2v) is 10.8. The highest BCUT2D eigenvalue weighted by atomic mass is 16.3. The number of aliphatic hydroxyl groups excluding tert-OH is 1. The zero-order chi connectivity index (χ0) is 26.5. The molecule has 1 aliphatic carbocycles. The Morgan fingerprint density at radius 2 is 1.89 bits per heavy atom. The first-order valence-electron chi connectivity index (χ1n) is 12.2. The van der Waals surface area contributed by atoms with Crippen LogP contribution >= 0.6 is 0 Å². The molecule has 4 N–H and O–H groups in total. The van der Waals surface area contributed by atoms with E-state index in [1.54, 1.807) is 6.07 Å². The smallest absolute Gasteiger partial charge is 0.274 e. The van der Waals surface area contributed by atoms with E-state index in [1.807, 2.05) is 20.8 Å². The van der Waals surface area contributed by atoms with Crippen molar-refractivity contribution in [3.8, 4) is 5.88 Å². The van der Waals surface area contributed by atoms with Crippen molar-refractivity contribution in [1.82, 2.24) is 34.4 Å². The van der Waals surface area contributed by atoms with Gasteiger partial charge < -0.3 is 25.7 Å². The Morgan fingerprint density at radius 3 is 2.49 bits per heavy atom. The molecule has 2 amide bonds. The highest BCUT2D eigenvalue weighted by Crippen LogP contribution is 2.25. The fraction of sp³-hybridized carbons (Fsp3) is 0.500. The minimum atomic E-state index is -0.629. The molecule has 37 heavy (non-hydrogen) atoms. The second kappa shape index (κ2) is 9.14. The largest absolute Gasteiger partial charge is 0.492 e. The monoisotopic (exact) mass is 510 g/mol. The van der Waals surface area contributed by atoms with Crippen LogP contribution in [0.4, 0.5) is 11.6 Å². The lowest BCUT2D eigenvalue weighted by Gasteiger charge is -2.21. The van der Waals surface area contributed by atoms with E-state index in [9.17, 15) is 24.6 Å². The summed E-state index contributed by atoms with van der Waals surface area (Å²) in [5.74, 6) is -0.936. The van der Waals surface area contributed by atoms with Crippen LogP contribution in [0.3, 0.4) is 0 Å². The van der Waals surface area contributed by atoms with Gasteiger partial charge in [-0.15, -0.1) is 5.10 Å². The van der Waals surface area contributed by atoms with Gasteiger partial charge >= 0.3 is 0 Å². The molecule has 196 valence electrons. The lowest BCUT2D eigenvalue weighted by atomic mass is 9.97. The van der Waals surface area contributed by atoms with Gasteiger partial charge in [-0.1, -0.05) is 20.8 Å². The van der Waals surface area contributed by atoms with Crippen molar-refractivity contribution in [3.63, 3.8) is 0 Å². The van der Waals surface area contributed by atoms with Gasteiger partial charge in [-0.25, -0.2) is 9.97 Å². The van der Waals surface area contributed by atoms with Gasteiger partial charge in [0.05, 0.1) is 18.5 Å². The Kier molecular flexibility index (Phi) is 6.10. The lowest BCUT2D eigenvalue weighted by Crippen LogP contribution is -2.37. The number of anilines is 2. The fourth-order valence-electron chi connectivity index (χ4n) is 4.25. The number of likely N-dealkylation sites (tertiary alicyclic amines) is 1. The van der Waals surface area contributed by atoms with E-state index in [1.165, 1.54) is 21.9 Å². The van der Waals surface area contributed by atoms with Crippen molar-refractivity contribution >= 4 is 29.1 Å². The molecule has 0 aromatic carbocycles. The van der Waals surface area contributed by atoms with E-state index in [0.29, 0.717) is 18.6 Å². The summed E-state index contributed by atoms with van der Waals surface area (Å²) in [7, 11) is 0. The van der Waals surface area contributed by atoms with Crippen LogP contribution in [0.25, 0.3) is 5.65 Å². The Hall–Kier alpha value is -4.00. The lowest BCUT2D eigenvalue weighted by molar-refractivity contribution is 0.0758. The van der Waals surface area contributed by atoms with Gasteiger partial charge in [-0.2, -0.15) is 4.52 Å². The molecule has 1 unspecified atom stereocenters. The van der Waals surface area contributed by atoms with Crippen LogP contribution in [-0.4, -0.2) is 76.3 Å². The van der Waals surface area contributed by atoms with Crippen molar-refractivity contribution in [2.75, 3.05) is 18.4 Å². The number of nitrogens with one attached hydrogen (secondary N) is 2. The van der Waals surface area contributed by atoms with E-state index >= 15 is 0 Å². The first-order chi connectivity index (χ1) is 17.5. The molecule has 1 saturated heterocycles. The highest BCUT2D eigenvalue weighted by molar-refractivity contribution is 5.96. The molecule has 1 aliphatic heterocycles. The van der Waals surface area contributed by atoms with Gasteiger partial charge in [0.2, 0.25) is 5.88 Å². The summed E-state index contributed by atoms with van der Waals surface area (Å²) in [4.78, 5) is 48.6. The molecule has 1 saturated carbocycles. The molecule has 2 aliphatic rings. The van der Waals surface area contributed by atoms with Crippen LogP contribution in [0, 0.1) is 5.41 Å². The van der Waals surface area contributed by atoms with E-state index in [0.717, 1.165) is 17.4 Å². The van der Waals surface area contributed by atoms with Gasteiger partial charge in [0.1, 0.15) is 17.2 Å². The number of nitrogens with zero attached hydrogens (tertiary/aromatic N) is 6. The number of rotatable bonds is 6. The van der Waals surface area contributed by atoms with E-state index in [4.69, 9.17) is 0 Å². The normalized spacial score (nSPS) is 17.8.